The molecule has 0 spiro atoms. The number of fused-ring (bicyclic) bond motifs is 1. The predicted octanol–water partition coefficient (Wildman–Crippen LogP) is 3.95. The zero-order valence-electron chi connectivity index (χ0n) is 19.5. The second-order valence-electron chi connectivity index (χ2n) is 9.09. The van der Waals surface area contributed by atoms with E-state index >= 15 is 0 Å². The molecular weight excluding hydrogens is 481 g/mol. The Balaban J connectivity index is 1.44. The number of hydrazine groups is 1. The molecule has 3 heterocycles. The number of amides is 1. The van der Waals surface area contributed by atoms with E-state index < -0.39 is 24.2 Å². The number of aromatic nitrogens is 2. The van der Waals surface area contributed by atoms with Gasteiger partial charge in [0, 0.05) is 25.6 Å². The van der Waals surface area contributed by atoms with Gasteiger partial charge in [0.1, 0.15) is 5.82 Å². The van der Waals surface area contributed by atoms with Gasteiger partial charge in [0.05, 0.1) is 12.1 Å². The third-order valence-electron chi connectivity index (χ3n) is 6.23. The monoisotopic (exact) mass is 510 g/mol. The summed E-state index contributed by atoms with van der Waals surface area (Å²) < 4.78 is 48.1. The predicted molar refractivity (Wildman–Crippen MR) is 129 cm³/mol. The van der Waals surface area contributed by atoms with Crippen molar-refractivity contribution in [3.05, 3.63) is 47.2 Å². The van der Waals surface area contributed by atoms with Crippen LogP contribution in [0.5, 0.6) is 0 Å². The Bertz CT molecular complexity index is 1050. The summed E-state index contributed by atoms with van der Waals surface area (Å²) in [6.45, 7) is 5.32. The van der Waals surface area contributed by atoms with Crippen LogP contribution in [-0.4, -0.2) is 46.2 Å². The van der Waals surface area contributed by atoms with Crippen LogP contribution in [-0.2, 0) is 4.74 Å². The zero-order chi connectivity index (χ0) is 25.2. The fourth-order valence-electron chi connectivity index (χ4n) is 4.25. The molecule has 3 atom stereocenters. The number of rotatable bonds is 5. The summed E-state index contributed by atoms with van der Waals surface area (Å²) in [5, 5.41) is 10.2. The van der Waals surface area contributed by atoms with Gasteiger partial charge in [0.15, 0.2) is 16.8 Å². The van der Waals surface area contributed by atoms with Crippen LogP contribution in [0.4, 0.5) is 19.0 Å². The number of carbonyl (C=O) groups excluding carboxylic acids is 1. The minimum Gasteiger partial charge on any atom is -0.376 e. The summed E-state index contributed by atoms with van der Waals surface area (Å²) in [4.78, 5) is 12.6. The number of nitrogens with zero attached hydrogens (tertiary/aromatic N) is 2. The Hall–Kier alpha value is -2.86. The van der Waals surface area contributed by atoms with E-state index in [0.29, 0.717) is 19.1 Å². The quantitative estimate of drug-likeness (QED) is 0.358. The maximum Gasteiger partial charge on any atom is 0.410 e. The first-order chi connectivity index (χ1) is 16.6. The van der Waals surface area contributed by atoms with Crippen molar-refractivity contribution in [1.29, 1.82) is 0 Å². The molecule has 35 heavy (non-hydrogen) atoms. The van der Waals surface area contributed by atoms with E-state index in [2.05, 4.69) is 40.4 Å². The molecule has 0 bridgehead atoms. The van der Waals surface area contributed by atoms with Crippen molar-refractivity contribution in [2.45, 2.75) is 63.4 Å². The average Bonchev–Trinajstić information content (AvgIpc) is 3.49. The second-order valence-corrected chi connectivity index (χ2v) is 9.50. The number of alkyl halides is 3. The van der Waals surface area contributed by atoms with Gasteiger partial charge in [0.25, 0.3) is 5.91 Å². The van der Waals surface area contributed by atoms with Crippen LogP contribution in [0, 0.1) is 0 Å². The number of benzene rings is 1. The van der Waals surface area contributed by atoms with Gasteiger partial charge in [0.2, 0.25) is 0 Å². The van der Waals surface area contributed by atoms with Crippen LogP contribution in [0.3, 0.4) is 0 Å². The van der Waals surface area contributed by atoms with Crippen molar-refractivity contribution in [3.63, 3.8) is 0 Å². The van der Waals surface area contributed by atoms with Gasteiger partial charge >= 0.3 is 6.18 Å². The van der Waals surface area contributed by atoms with Crippen molar-refractivity contribution in [3.8, 4) is 0 Å². The fourth-order valence-corrected chi connectivity index (χ4v) is 4.38. The molecule has 0 saturated carbocycles. The smallest absolute Gasteiger partial charge is 0.376 e. The van der Waals surface area contributed by atoms with Crippen LogP contribution >= 0.6 is 12.2 Å². The van der Waals surface area contributed by atoms with Gasteiger partial charge in [-0.15, -0.1) is 0 Å². The number of hydrogen-bond acceptors (Lipinski definition) is 5. The molecule has 0 unspecified atom stereocenters. The third-order valence-corrected chi connectivity index (χ3v) is 6.48. The lowest BCUT2D eigenvalue weighted by molar-refractivity contribution is -0.173. The standard InChI is InChI=1S/C23H29F3N6O2S/c1-13(2)14-5-7-15(8-6-14)17-10-19(23(24,25)26)32-20(28-17)11-18(31-32)21(33)29-30-22(35)27-12-16-4-3-9-34-16/h5-8,11,13,16-17,19,28H,3-4,9-10,12H2,1-2H3,(H,29,33)(H2,27,30,35)/t16-,17-,19+/m0/s1. The van der Waals surface area contributed by atoms with E-state index in [1.807, 2.05) is 24.3 Å². The summed E-state index contributed by atoms with van der Waals surface area (Å²) in [6, 6.07) is 6.41. The van der Waals surface area contributed by atoms with Gasteiger partial charge in [-0.05, 0) is 42.1 Å². The lowest BCUT2D eigenvalue weighted by Gasteiger charge is -2.33. The Labute approximate surface area is 206 Å². The molecule has 1 saturated heterocycles. The Morgan fingerprint density at radius 2 is 2.03 bits per heavy atom. The minimum atomic E-state index is -4.53. The van der Waals surface area contributed by atoms with E-state index in [1.165, 1.54) is 6.07 Å². The Morgan fingerprint density at radius 1 is 1.29 bits per heavy atom. The van der Waals surface area contributed by atoms with Gasteiger partial charge in [-0.1, -0.05) is 38.1 Å². The number of halogens is 3. The van der Waals surface area contributed by atoms with Crippen molar-refractivity contribution in [1.82, 2.24) is 25.9 Å². The number of anilines is 1. The highest BCUT2D eigenvalue weighted by Crippen LogP contribution is 2.43. The van der Waals surface area contributed by atoms with E-state index in [9.17, 15) is 18.0 Å². The lowest BCUT2D eigenvalue weighted by Crippen LogP contribution is -2.48. The van der Waals surface area contributed by atoms with Crippen molar-refractivity contribution in [2.24, 2.45) is 0 Å². The molecule has 1 amide bonds. The molecule has 1 fully saturated rings. The van der Waals surface area contributed by atoms with Gasteiger partial charge < -0.3 is 15.4 Å². The molecule has 0 radical (unpaired) electrons. The molecule has 4 N–H and O–H groups in total. The molecule has 12 heteroatoms. The average molecular weight is 511 g/mol. The highest BCUT2D eigenvalue weighted by atomic mass is 32.1. The molecule has 2 aromatic rings. The Morgan fingerprint density at radius 3 is 2.66 bits per heavy atom. The van der Waals surface area contributed by atoms with Crippen LogP contribution < -0.4 is 21.5 Å². The van der Waals surface area contributed by atoms with Crippen LogP contribution in [0.2, 0.25) is 0 Å². The van der Waals surface area contributed by atoms with Crippen LogP contribution in [0.15, 0.2) is 30.3 Å². The van der Waals surface area contributed by atoms with Crippen LogP contribution in [0.25, 0.3) is 0 Å². The number of carbonyl (C=O) groups is 1. The Kier molecular flexibility index (Phi) is 7.50. The molecule has 1 aromatic carbocycles. The maximum absolute atomic E-state index is 13.9. The summed E-state index contributed by atoms with van der Waals surface area (Å²) >= 11 is 5.13. The molecule has 2 aliphatic rings. The van der Waals surface area contributed by atoms with Gasteiger partial charge in [-0.3, -0.25) is 15.6 Å². The summed E-state index contributed by atoms with van der Waals surface area (Å²) in [5.74, 6) is -0.254. The first kappa shape index (κ1) is 25.2. The van der Waals surface area contributed by atoms with Gasteiger partial charge in [-0.25, -0.2) is 4.68 Å². The maximum atomic E-state index is 13.9. The highest BCUT2D eigenvalue weighted by Gasteiger charge is 2.46. The van der Waals surface area contributed by atoms with E-state index in [4.69, 9.17) is 17.0 Å². The van der Waals surface area contributed by atoms with E-state index in [1.54, 1.807) is 0 Å². The molecule has 4 rings (SSSR count). The summed E-state index contributed by atoms with van der Waals surface area (Å²) in [6.07, 6.45) is -2.79. The molecule has 190 valence electrons. The SMILES string of the molecule is CC(C)c1ccc([C@@H]2C[C@H](C(F)(F)F)n3nc(C(=O)NNC(=S)NC[C@@H]4CCCO4)cc3N2)cc1. The minimum absolute atomic E-state index is 0.0604. The van der Waals surface area contributed by atoms with Crippen molar-refractivity contribution < 1.29 is 22.7 Å². The third kappa shape index (κ3) is 6.04. The number of ether oxygens (including phenoxy) is 1. The van der Waals surface area contributed by atoms with Crippen molar-refractivity contribution >= 4 is 29.1 Å². The van der Waals surface area contributed by atoms with Gasteiger partial charge in [-0.2, -0.15) is 18.3 Å². The molecular formula is C23H29F3N6O2S. The number of nitrogens with one attached hydrogen (secondary N) is 4. The number of hydrogen-bond donors (Lipinski definition) is 4. The van der Waals surface area contributed by atoms with Crippen molar-refractivity contribution in [2.75, 3.05) is 18.5 Å². The molecule has 0 aliphatic carbocycles. The van der Waals surface area contributed by atoms with Crippen LogP contribution in [0.1, 0.15) is 72.7 Å². The fraction of sp³-hybridized carbons (Fsp3) is 0.522. The highest BCUT2D eigenvalue weighted by molar-refractivity contribution is 7.80. The summed E-state index contributed by atoms with van der Waals surface area (Å²) in [7, 11) is 0. The topological polar surface area (TPSA) is 92.2 Å². The zero-order valence-corrected chi connectivity index (χ0v) is 20.3. The first-order valence-electron chi connectivity index (χ1n) is 11.6. The summed E-state index contributed by atoms with van der Waals surface area (Å²) in [5.41, 5.74) is 6.62. The number of thiocarbonyl (C=S) groups is 1. The van der Waals surface area contributed by atoms with E-state index in [-0.39, 0.29) is 29.1 Å². The first-order valence-corrected chi connectivity index (χ1v) is 12.0. The molecule has 1 aromatic heterocycles. The van der Waals surface area contributed by atoms with E-state index in [0.717, 1.165) is 28.7 Å². The normalized spacial score (nSPS) is 21.8. The molecule has 2 aliphatic heterocycles. The largest absolute Gasteiger partial charge is 0.410 e. The second kappa shape index (κ2) is 10.4. The molecule has 8 nitrogen and oxygen atoms in total. The lowest BCUT2D eigenvalue weighted by atomic mass is 9.94.